The van der Waals surface area contributed by atoms with Gasteiger partial charge in [0, 0.05) is 47.6 Å². The molecule has 0 fully saturated rings. The highest BCUT2D eigenvalue weighted by atomic mass is 79.9. The van der Waals surface area contributed by atoms with Crippen LogP contribution in [0.2, 0.25) is 54.4 Å². The number of rotatable bonds is 36. The number of halogens is 2. The van der Waals surface area contributed by atoms with Crippen molar-refractivity contribution in [1.29, 1.82) is 0 Å². The first-order valence-corrected chi connectivity index (χ1v) is 45.5. The predicted octanol–water partition coefficient (Wildman–Crippen LogP) is 21.2. The zero-order valence-electron chi connectivity index (χ0n) is 62.2. The van der Waals surface area contributed by atoms with Crippen LogP contribution in [-0.4, -0.2) is 111 Å². The smallest absolute Gasteiger partial charge is 0.309 e. The van der Waals surface area contributed by atoms with Crippen molar-refractivity contribution in [3.8, 4) is 0 Å². The van der Waals surface area contributed by atoms with E-state index in [1.165, 1.54) is 11.1 Å². The zero-order valence-corrected chi connectivity index (χ0v) is 70.0. The molecule has 0 spiro atoms. The van der Waals surface area contributed by atoms with E-state index >= 15 is 0 Å². The van der Waals surface area contributed by atoms with Crippen molar-refractivity contribution in [1.82, 2.24) is 9.97 Å². The Morgan fingerprint density at radius 2 is 0.890 bits per heavy atom. The first-order chi connectivity index (χ1) is 41.3. The maximum absolute atomic E-state index is 13.8. The third-order valence-electron chi connectivity index (χ3n) is 19.1. The van der Waals surface area contributed by atoms with Crippen molar-refractivity contribution in [3.05, 3.63) is 66.6 Å². The normalized spacial score (nSPS) is 16.7. The number of aryl methyl sites for hydroxylation is 2. The molecule has 12 nitrogen and oxygen atoms in total. The van der Waals surface area contributed by atoms with E-state index in [9.17, 15) is 24.3 Å². The molecule has 0 aromatic carbocycles. The largest absolute Gasteiger partial charge is 0.457 e. The van der Waals surface area contributed by atoms with Gasteiger partial charge in [-0.15, -0.1) is 22.7 Å². The summed E-state index contributed by atoms with van der Waals surface area (Å²) in [7, 11) is -6.37. The third-order valence-corrected chi connectivity index (χ3v) is 35.0. The van der Waals surface area contributed by atoms with Gasteiger partial charge in [-0.2, -0.15) is 0 Å². The molecule has 0 saturated carbocycles. The number of allylic oxidation sites excluding steroid dienone is 2. The number of hydrogen-bond donors (Lipinski definition) is 1. The number of carbonyl (C=O) groups is 4. The quantitative estimate of drug-likeness (QED) is 0.0298. The number of aliphatic hydroxyl groups excluding tert-OH is 1. The first kappa shape index (κ1) is 87.0. The van der Waals surface area contributed by atoms with Gasteiger partial charge in [0.05, 0.1) is 56.1 Å². The Kier molecular flexibility index (Phi) is 35.9. The molecule has 2 rings (SSSR count). The predicted molar refractivity (Wildman–Crippen MR) is 402 cm³/mol. The molecule has 19 heteroatoms. The summed E-state index contributed by atoms with van der Waals surface area (Å²) in [4.78, 5) is 62.6. The van der Waals surface area contributed by atoms with Gasteiger partial charge >= 0.3 is 11.9 Å². The van der Waals surface area contributed by atoms with E-state index in [0.29, 0.717) is 24.7 Å². The summed E-state index contributed by atoms with van der Waals surface area (Å²) in [6.07, 6.45) is 13.4. The van der Waals surface area contributed by atoms with Crippen LogP contribution < -0.4 is 0 Å². The number of esters is 2. The van der Waals surface area contributed by atoms with Crippen LogP contribution in [0.3, 0.4) is 0 Å². The Morgan fingerprint density at radius 3 is 1.18 bits per heavy atom. The molecular formula is C72H126Br2N2O10S2Si3. The molecule has 0 aliphatic rings. The lowest BCUT2D eigenvalue weighted by atomic mass is 9.79. The number of ether oxygens (including phenoxy) is 2. The highest BCUT2D eigenvalue weighted by molar-refractivity contribution is 9.10. The lowest BCUT2D eigenvalue weighted by molar-refractivity contribution is -0.153. The minimum atomic E-state index is -2.32. The van der Waals surface area contributed by atoms with Crippen LogP contribution in [0.4, 0.5) is 0 Å². The molecule has 2 aromatic heterocycles. The molecule has 8 atom stereocenters. The average Bonchev–Trinajstić information content (AvgIpc) is 1.37. The molecule has 0 bridgehead atoms. The second-order valence-corrected chi connectivity index (χ2v) is 50.9. The van der Waals surface area contributed by atoms with E-state index in [-0.39, 0.29) is 67.7 Å². The molecule has 2 heterocycles. The van der Waals surface area contributed by atoms with E-state index in [2.05, 4.69) is 183 Å². The first-order valence-electron chi connectivity index (χ1n) is 33.2. The van der Waals surface area contributed by atoms with Gasteiger partial charge in [0.1, 0.15) is 12.2 Å². The number of Topliss-reactive ketones (excluding diaryl/α,β-unsaturated/α-hetero) is 2. The maximum atomic E-state index is 13.8. The van der Waals surface area contributed by atoms with Gasteiger partial charge in [-0.1, -0.05) is 159 Å². The van der Waals surface area contributed by atoms with E-state index in [0.717, 1.165) is 77.7 Å². The van der Waals surface area contributed by atoms with Crippen LogP contribution in [0.15, 0.2) is 45.2 Å². The van der Waals surface area contributed by atoms with Gasteiger partial charge in [0.25, 0.3) is 0 Å². The Hall–Kier alpha value is -2.05. The topological polar surface area (TPSA) is 160 Å². The number of alkyl halides is 2. The number of carbonyl (C=O) groups excluding carboxylic acids is 4. The SMILES string of the molecule is C/C(=C/CC(OC(=O)C[C@H](O[Si](C)(C)C(C)(C)C)C(C)(C)C(=O)C(C)Br)/C(C)=C/c1csc(C)n1)CCCC(C)CO.C/C(=C/CC(OC(=O)C[C@H](O[Si](C)(C)C(C)(C)C)C(C)(C)C(=O)C(C)Br)/C(C)=C/c1csc(C)n1)CCCC(C)CO[Si](C)(C)C(C)(C)C. The fraction of sp³-hybridized carbons (Fsp3) is 0.750. The Labute approximate surface area is 582 Å². The number of hydrogen-bond acceptors (Lipinski definition) is 14. The highest BCUT2D eigenvalue weighted by Gasteiger charge is 2.49. The van der Waals surface area contributed by atoms with Crippen molar-refractivity contribution >= 4 is 115 Å². The van der Waals surface area contributed by atoms with Crippen molar-refractivity contribution in [3.63, 3.8) is 0 Å². The lowest BCUT2D eigenvalue weighted by Crippen LogP contribution is -2.51. The van der Waals surface area contributed by atoms with Crippen LogP contribution in [0.1, 0.15) is 231 Å². The lowest BCUT2D eigenvalue weighted by Gasteiger charge is -2.43. The molecule has 0 amide bonds. The number of thiazole rings is 2. The minimum Gasteiger partial charge on any atom is -0.457 e. The summed E-state index contributed by atoms with van der Waals surface area (Å²) >= 11 is 10.1. The maximum Gasteiger partial charge on any atom is 0.309 e. The summed E-state index contributed by atoms with van der Waals surface area (Å²) in [6.45, 7) is 61.7. The van der Waals surface area contributed by atoms with Crippen LogP contribution in [0, 0.1) is 36.5 Å². The summed E-state index contributed by atoms with van der Waals surface area (Å²) < 4.78 is 32.5. The van der Waals surface area contributed by atoms with Crippen molar-refractivity contribution in [2.45, 2.75) is 312 Å². The summed E-state index contributed by atoms with van der Waals surface area (Å²) in [5, 5.41) is 15.4. The molecule has 0 aliphatic carbocycles. The molecule has 522 valence electrons. The van der Waals surface area contributed by atoms with Crippen molar-refractivity contribution in [2.24, 2.45) is 22.7 Å². The van der Waals surface area contributed by atoms with E-state index in [1.807, 2.05) is 92.1 Å². The van der Waals surface area contributed by atoms with Crippen LogP contribution in [0.25, 0.3) is 12.2 Å². The summed E-state index contributed by atoms with van der Waals surface area (Å²) in [5.74, 6) is 0.0722. The Balaban J connectivity index is 0.000000921. The van der Waals surface area contributed by atoms with Crippen LogP contribution >= 0.6 is 54.5 Å². The molecular weight excluding hydrogens is 1360 g/mol. The second kappa shape index (κ2) is 37.6. The standard InChI is InChI=1S/C39H70BrNO5SSi2.C33H56BrNO5SSi/c1-27(19-18-20-28(2)25-44-48(14,15)37(6,7)8)21-22-33(29(3)23-32-26-47-31(5)41-32)45-35(42)24-34(39(12,13)36(43)30(4)40)46-49(16,17)38(9,10)11;1-22(14-13-15-23(2)20-36)16-17-28(24(3)18-27-21-41-26(5)35-27)39-30(37)19-29(33(9,10)31(38)25(4)34)40-42(11,12)32(6,7)8/h21,23,26,28,30,33-34H,18-20,22,24-25H2,1-17H3;16,18,21,23,25,28-29,36H,13-15,17,19-20H2,1-12H3/b27-21-,29-23+;22-16-,24-18+/t28?,30?,33?,34-;23?,25?,28?,29-/m00/s1. The Morgan fingerprint density at radius 1 is 0.560 bits per heavy atom. The average molecular weight is 1490 g/mol. The molecule has 0 aliphatic heterocycles. The number of aliphatic hydroxyl groups is 1. The fourth-order valence-electron chi connectivity index (χ4n) is 9.23. The van der Waals surface area contributed by atoms with E-state index in [4.69, 9.17) is 22.8 Å². The third kappa shape index (κ3) is 30.1. The fourth-order valence-corrected chi connectivity index (χ4v) is 15.6. The molecule has 2 aromatic rings. The number of ketones is 2. The van der Waals surface area contributed by atoms with Crippen LogP contribution in [-0.2, 0) is 41.9 Å². The van der Waals surface area contributed by atoms with Gasteiger partial charge < -0.3 is 27.9 Å². The van der Waals surface area contributed by atoms with Gasteiger partial charge in [-0.25, -0.2) is 9.97 Å². The minimum absolute atomic E-state index is 0.000359. The number of aromatic nitrogens is 2. The van der Waals surface area contributed by atoms with Gasteiger partial charge in [0.15, 0.2) is 36.5 Å². The molecule has 0 saturated heterocycles. The molecule has 0 radical (unpaired) electrons. The summed E-state index contributed by atoms with van der Waals surface area (Å²) in [6, 6.07) is 0. The van der Waals surface area contributed by atoms with Crippen molar-refractivity contribution < 1.29 is 47.0 Å². The van der Waals surface area contributed by atoms with E-state index in [1.54, 1.807) is 22.7 Å². The summed E-state index contributed by atoms with van der Waals surface area (Å²) in [5.41, 5.74) is 4.31. The van der Waals surface area contributed by atoms with Crippen molar-refractivity contribution in [2.75, 3.05) is 13.2 Å². The van der Waals surface area contributed by atoms with Gasteiger partial charge in [-0.05, 0) is 183 Å². The van der Waals surface area contributed by atoms with Crippen LogP contribution in [0.5, 0.6) is 0 Å². The van der Waals surface area contributed by atoms with Gasteiger partial charge in [0.2, 0.25) is 0 Å². The second-order valence-electron chi connectivity index (χ2n) is 31.7. The zero-order chi connectivity index (χ0) is 70.6. The molecule has 91 heavy (non-hydrogen) atoms. The van der Waals surface area contributed by atoms with Gasteiger partial charge in [-0.3, -0.25) is 19.2 Å². The monoisotopic (exact) mass is 1480 g/mol. The molecule has 6 unspecified atom stereocenters. The molecule has 1 N–H and O–H groups in total. The van der Waals surface area contributed by atoms with E-state index < -0.39 is 60.2 Å². The Bertz CT molecular complexity index is 2740. The number of nitrogens with zero attached hydrogens (tertiary/aromatic N) is 2. The highest BCUT2D eigenvalue weighted by Crippen LogP contribution is 2.44.